The lowest BCUT2D eigenvalue weighted by molar-refractivity contribution is -0.125. The maximum atomic E-state index is 12.5. The molecule has 0 bridgehead atoms. The van der Waals surface area contributed by atoms with Gasteiger partial charge in [-0.2, -0.15) is 5.10 Å². The first kappa shape index (κ1) is 20.6. The Hall–Kier alpha value is -2.62. The molecular formula is C21H26N6O2S. The van der Waals surface area contributed by atoms with E-state index in [9.17, 15) is 4.79 Å². The van der Waals surface area contributed by atoms with E-state index in [-0.39, 0.29) is 11.8 Å². The van der Waals surface area contributed by atoms with Crippen molar-refractivity contribution in [3.63, 3.8) is 0 Å². The average molecular weight is 427 g/mol. The molecule has 1 aliphatic heterocycles. The molecule has 8 nitrogen and oxygen atoms in total. The molecule has 4 rings (SSSR count). The summed E-state index contributed by atoms with van der Waals surface area (Å²) in [6.07, 6.45) is 6.91. The van der Waals surface area contributed by atoms with E-state index in [1.807, 2.05) is 29.2 Å². The molecule has 4 heterocycles. The molecular weight excluding hydrogens is 400 g/mol. The number of nitrogens with zero attached hydrogens (tertiary/aromatic N) is 5. The Morgan fingerprint density at radius 3 is 2.90 bits per heavy atom. The van der Waals surface area contributed by atoms with Crippen LogP contribution in [0.5, 0.6) is 0 Å². The number of hydrogen-bond acceptors (Lipinski definition) is 7. The Labute approximate surface area is 179 Å². The van der Waals surface area contributed by atoms with Crippen molar-refractivity contribution in [1.82, 2.24) is 30.0 Å². The van der Waals surface area contributed by atoms with E-state index >= 15 is 0 Å². The van der Waals surface area contributed by atoms with Gasteiger partial charge in [-0.05, 0) is 11.4 Å². The maximum absolute atomic E-state index is 12.5. The van der Waals surface area contributed by atoms with Crippen LogP contribution in [-0.2, 0) is 16.1 Å². The van der Waals surface area contributed by atoms with Crippen LogP contribution < -0.4 is 5.32 Å². The zero-order valence-corrected chi connectivity index (χ0v) is 17.8. The molecule has 0 saturated carbocycles. The summed E-state index contributed by atoms with van der Waals surface area (Å²) >= 11 is 1.66. The SMILES string of the molecule is C[C@H](CN1CCOCC1)C(=O)NCCn1ncc(-c2cnccn2)c1-c1cccs1. The van der Waals surface area contributed by atoms with Crippen LogP contribution in [0.25, 0.3) is 21.8 Å². The van der Waals surface area contributed by atoms with E-state index in [1.54, 1.807) is 29.9 Å². The largest absolute Gasteiger partial charge is 0.379 e. The molecule has 1 atom stereocenters. The van der Waals surface area contributed by atoms with Gasteiger partial charge in [-0.1, -0.05) is 13.0 Å². The summed E-state index contributed by atoms with van der Waals surface area (Å²) in [7, 11) is 0. The summed E-state index contributed by atoms with van der Waals surface area (Å²) < 4.78 is 7.31. The van der Waals surface area contributed by atoms with Crippen LogP contribution in [0, 0.1) is 5.92 Å². The monoisotopic (exact) mass is 426 g/mol. The standard InChI is InChI=1S/C21H26N6O2S/c1-16(15-26-8-10-29-11-9-26)21(28)24-6-7-27-20(19-3-2-12-30-19)17(13-25-27)18-14-22-4-5-23-18/h2-5,12-14,16H,6-11,15H2,1H3,(H,24,28)/t16-/m1/s1. The second-order valence-corrected chi connectivity index (χ2v) is 8.25. The number of morpholine rings is 1. The molecule has 1 N–H and O–H groups in total. The fourth-order valence-corrected chi connectivity index (χ4v) is 4.35. The van der Waals surface area contributed by atoms with Crippen molar-refractivity contribution in [2.45, 2.75) is 13.5 Å². The molecule has 3 aromatic rings. The van der Waals surface area contributed by atoms with Crippen molar-refractivity contribution in [1.29, 1.82) is 0 Å². The Morgan fingerprint density at radius 1 is 1.30 bits per heavy atom. The van der Waals surface area contributed by atoms with Gasteiger partial charge in [0.1, 0.15) is 0 Å². The lowest BCUT2D eigenvalue weighted by atomic mass is 10.1. The van der Waals surface area contributed by atoms with Crippen LogP contribution in [0.3, 0.4) is 0 Å². The van der Waals surface area contributed by atoms with Crippen molar-refractivity contribution >= 4 is 17.2 Å². The summed E-state index contributed by atoms with van der Waals surface area (Å²) in [5.41, 5.74) is 2.73. The van der Waals surface area contributed by atoms with E-state index in [2.05, 4.69) is 31.3 Å². The number of carbonyl (C=O) groups excluding carboxylic acids is 1. The van der Waals surface area contributed by atoms with Crippen LogP contribution in [0.2, 0.25) is 0 Å². The highest BCUT2D eigenvalue weighted by Gasteiger charge is 2.20. The summed E-state index contributed by atoms with van der Waals surface area (Å²) in [4.78, 5) is 24.5. The first-order valence-corrected chi connectivity index (χ1v) is 11.0. The molecule has 0 radical (unpaired) electrons. The van der Waals surface area contributed by atoms with Crippen LogP contribution in [0.4, 0.5) is 0 Å². The van der Waals surface area contributed by atoms with Crippen LogP contribution in [0.15, 0.2) is 42.3 Å². The highest BCUT2D eigenvalue weighted by molar-refractivity contribution is 7.13. The summed E-state index contributed by atoms with van der Waals surface area (Å²) in [5, 5.41) is 9.67. The van der Waals surface area contributed by atoms with Gasteiger partial charge < -0.3 is 10.1 Å². The fourth-order valence-electron chi connectivity index (χ4n) is 3.57. The number of aromatic nitrogens is 4. The number of carbonyl (C=O) groups is 1. The molecule has 1 amide bonds. The quantitative estimate of drug-likeness (QED) is 0.594. The minimum absolute atomic E-state index is 0.0624. The number of amides is 1. The minimum atomic E-state index is -0.0624. The lowest BCUT2D eigenvalue weighted by Crippen LogP contribution is -2.43. The third-order valence-corrected chi connectivity index (χ3v) is 6.02. The maximum Gasteiger partial charge on any atom is 0.224 e. The minimum Gasteiger partial charge on any atom is -0.379 e. The van der Waals surface area contributed by atoms with Gasteiger partial charge in [0.25, 0.3) is 0 Å². The number of hydrogen-bond donors (Lipinski definition) is 1. The highest BCUT2D eigenvalue weighted by Crippen LogP contribution is 2.33. The summed E-state index contributed by atoms with van der Waals surface area (Å²) in [6, 6.07) is 4.09. The smallest absolute Gasteiger partial charge is 0.224 e. The third-order valence-electron chi connectivity index (χ3n) is 5.14. The van der Waals surface area contributed by atoms with Crippen LogP contribution in [-0.4, -0.2) is 69.9 Å². The normalized spacial score (nSPS) is 15.8. The first-order chi connectivity index (χ1) is 14.7. The van der Waals surface area contributed by atoms with E-state index in [1.165, 1.54) is 0 Å². The topological polar surface area (TPSA) is 85.2 Å². The van der Waals surface area contributed by atoms with Crippen molar-refractivity contribution in [2.75, 3.05) is 39.4 Å². The van der Waals surface area contributed by atoms with Gasteiger partial charge in [0.05, 0.1) is 48.4 Å². The van der Waals surface area contributed by atoms with Crippen molar-refractivity contribution < 1.29 is 9.53 Å². The molecule has 0 unspecified atom stereocenters. The average Bonchev–Trinajstić information content (AvgIpc) is 3.44. The van der Waals surface area contributed by atoms with Crippen molar-refractivity contribution in [2.24, 2.45) is 5.92 Å². The van der Waals surface area contributed by atoms with Gasteiger partial charge >= 0.3 is 0 Å². The number of rotatable bonds is 8. The predicted molar refractivity (Wildman–Crippen MR) is 116 cm³/mol. The predicted octanol–water partition coefficient (Wildman–Crippen LogP) is 2.15. The van der Waals surface area contributed by atoms with E-state index in [0.29, 0.717) is 13.1 Å². The van der Waals surface area contributed by atoms with Gasteiger partial charge in [0, 0.05) is 50.1 Å². The Balaban J connectivity index is 1.40. The fraction of sp³-hybridized carbons (Fsp3) is 0.429. The zero-order chi connectivity index (χ0) is 20.8. The molecule has 158 valence electrons. The third kappa shape index (κ3) is 4.92. The second kappa shape index (κ2) is 9.92. The molecule has 1 saturated heterocycles. The lowest BCUT2D eigenvalue weighted by Gasteiger charge is -2.28. The van der Waals surface area contributed by atoms with Gasteiger partial charge in [-0.25, -0.2) is 0 Å². The van der Waals surface area contributed by atoms with Gasteiger partial charge in [0.15, 0.2) is 0 Å². The van der Waals surface area contributed by atoms with E-state index in [4.69, 9.17) is 4.74 Å². The highest BCUT2D eigenvalue weighted by atomic mass is 32.1. The molecule has 1 aliphatic rings. The zero-order valence-electron chi connectivity index (χ0n) is 17.0. The van der Waals surface area contributed by atoms with Crippen LogP contribution >= 0.6 is 11.3 Å². The number of thiophene rings is 1. The molecule has 1 fully saturated rings. The molecule has 9 heteroatoms. The van der Waals surface area contributed by atoms with Crippen molar-refractivity contribution in [3.8, 4) is 21.8 Å². The molecule has 30 heavy (non-hydrogen) atoms. The van der Waals surface area contributed by atoms with Gasteiger partial charge in [0.2, 0.25) is 5.91 Å². The Bertz CT molecular complexity index is 938. The number of nitrogens with one attached hydrogen (secondary N) is 1. The molecule has 3 aromatic heterocycles. The Morgan fingerprint density at radius 2 is 2.17 bits per heavy atom. The number of ether oxygens (including phenoxy) is 1. The van der Waals surface area contributed by atoms with Crippen molar-refractivity contribution in [3.05, 3.63) is 42.3 Å². The van der Waals surface area contributed by atoms with Gasteiger partial charge in [-0.15, -0.1) is 11.3 Å². The summed E-state index contributed by atoms with van der Waals surface area (Å²) in [6.45, 7) is 7.10. The Kier molecular flexibility index (Phi) is 6.83. The van der Waals surface area contributed by atoms with E-state index in [0.717, 1.165) is 54.7 Å². The van der Waals surface area contributed by atoms with Crippen LogP contribution in [0.1, 0.15) is 6.92 Å². The molecule has 0 aliphatic carbocycles. The molecule has 0 aromatic carbocycles. The molecule has 0 spiro atoms. The van der Waals surface area contributed by atoms with Gasteiger partial charge in [-0.3, -0.25) is 24.3 Å². The van der Waals surface area contributed by atoms with E-state index < -0.39 is 0 Å². The first-order valence-electron chi connectivity index (χ1n) is 10.2. The summed E-state index contributed by atoms with van der Waals surface area (Å²) in [5.74, 6) is 0.00751. The second-order valence-electron chi connectivity index (χ2n) is 7.30.